The summed E-state index contributed by atoms with van der Waals surface area (Å²) in [5.74, 6) is 0. The molecular weight excluding hydrogens is 224 g/mol. The van der Waals surface area contributed by atoms with E-state index in [1.165, 1.54) is 0 Å². The average Bonchev–Trinajstić information content (AvgIpc) is 2.40. The van der Waals surface area contributed by atoms with Crippen LogP contribution in [0.2, 0.25) is 0 Å². The quantitative estimate of drug-likeness (QED) is 0.664. The number of nitrogen functional groups attached to an aromatic ring is 1. The van der Waals surface area contributed by atoms with Gasteiger partial charge >= 0.3 is 0 Å². The third kappa shape index (κ3) is 1.47. The number of nitrogens with two attached hydrogens (primary N) is 2. The van der Waals surface area contributed by atoms with E-state index in [-0.39, 0.29) is 0 Å². The van der Waals surface area contributed by atoms with Gasteiger partial charge in [0.15, 0.2) is 5.66 Å². The number of nitrogens with zero attached hydrogens (tertiary/aromatic N) is 1. The Balaban J connectivity index is 2.26. The van der Waals surface area contributed by atoms with Crippen molar-refractivity contribution in [1.29, 1.82) is 0 Å². The maximum atomic E-state index is 6.47. The lowest BCUT2D eigenvalue weighted by atomic mass is 9.89. The molecule has 0 amide bonds. The highest BCUT2D eigenvalue weighted by Gasteiger charge is 2.34. The number of benzene rings is 2. The zero-order valence-corrected chi connectivity index (χ0v) is 9.80. The summed E-state index contributed by atoms with van der Waals surface area (Å²) in [5, 5.41) is 3.08. The van der Waals surface area contributed by atoms with Gasteiger partial charge in [-0.2, -0.15) is 0 Å². The van der Waals surface area contributed by atoms with Gasteiger partial charge in [0, 0.05) is 16.9 Å². The van der Waals surface area contributed by atoms with Gasteiger partial charge in [-0.15, -0.1) is 0 Å². The molecule has 4 nitrogen and oxygen atoms in total. The van der Waals surface area contributed by atoms with Crippen molar-refractivity contribution in [3.63, 3.8) is 0 Å². The van der Waals surface area contributed by atoms with Crippen molar-refractivity contribution in [1.82, 2.24) is 0 Å². The molecule has 18 heavy (non-hydrogen) atoms. The molecule has 1 atom stereocenters. The molecule has 0 spiro atoms. The normalized spacial score (nSPS) is 21.2. The van der Waals surface area contributed by atoms with Crippen LogP contribution in [-0.2, 0) is 5.66 Å². The number of aliphatic imine (C=N–C) groups is 1. The van der Waals surface area contributed by atoms with E-state index in [1.807, 2.05) is 48.5 Å². The molecule has 1 aliphatic rings. The van der Waals surface area contributed by atoms with Crippen LogP contribution in [0.3, 0.4) is 0 Å². The lowest BCUT2D eigenvalue weighted by molar-refractivity contribution is 0.573. The van der Waals surface area contributed by atoms with Crippen molar-refractivity contribution in [2.45, 2.75) is 5.66 Å². The molecule has 0 aliphatic carbocycles. The summed E-state index contributed by atoms with van der Waals surface area (Å²) in [5.41, 5.74) is 14.9. The standard InChI is InChI=1S/C14H14N4/c15-11-7-4-8-12-13(11)14(16,18-9-17-12)10-5-2-1-3-6-10/h1-9H,15-16H2,(H,17,18). The van der Waals surface area contributed by atoms with Gasteiger partial charge in [0.05, 0.1) is 6.34 Å². The fourth-order valence-corrected chi connectivity index (χ4v) is 2.30. The molecule has 1 heterocycles. The first-order chi connectivity index (χ1) is 8.72. The number of hydrogen-bond donors (Lipinski definition) is 3. The second kappa shape index (κ2) is 3.85. The van der Waals surface area contributed by atoms with Gasteiger partial charge in [-0.3, -0.25) is 5.73 Å². The predicted molar refractivity (Wildman–Crippen MR) is 74.4 cm³/mol. The van der Waals surface area contributed by atoms with Crippen molar-refractivity contribution in [3.8, 4) is 0 Å². The molecular formula is C14H14N4. The van der Waals surface area contributed by atoms with Gasteiger partial charge in [-0.05, 0) is 17.7 Å². The summed E-state index contributed by atoms with van der Waals surface area (Å²) in [6.45, 7) is 0. The fourth-order valence-electron chi connectivity index (χ4n) is 2.30. The van der Waals surface area contributed by atoms with E-state index in [9.17, 15) is 0 Å². The molecule has 1 unspecified atom stereocenters. The van der Waals surface area contributed by atoms with Crippen LogP contribution in [0.4, 0.5) is 11.4 Å². The molecule has 0 saturated carbocycles. The zero-order chi connectivity index (χ0) is 12.6. The molecule has 3 rings (SSSR count). The van der Waals surface area contributed by atoms with Crippen molar-refractivity contribution in [2.24, 2.45) is 10.7 Å². The Kier molecular flexibility index (Phi) is 2.31. The van der Waals surface area contributed by atoms with Crippen molar-refractivity contribution in [2.75, 3.05) is 11.1 Å². The first-order valence-electron chi connectivity index (χ1n) is 5.75. The second-order valence-corrected chi connectivity index (χ2v) is 4.30. The minimum atomic E-state index is -0.923. The van der Waals surface area contributed by atoms with Gasteiger partial charge in [0.2, 0.25) is 0 Å². The van der Waals surface area contributed by atoms with Gasteiger partial charge in [-0.25, -0.2) is 4.99 Å². The predicted octanol–water partition coefficient (Wildman–Crippen LogP) is 1.88. The summed E-state index contributed by atoms with van der Waals surface area (Å²) in [7, 11) is 0. The first-order valence-corrected chi connectivity index (χ1v) is 5.75. The topological polar surface area (TPSA) is 76.4 Å². The Morgan fingerprint density at radius 2 is 1.78 bits per heavy atom. The van der Waals surface area contributed by atoms with E-state index in [0.29, 0.717) is 5.69 Å². The number of hydrogen-bond acceptors (Lipinski definition) is 4. The maximum absolute atomic E-state index is 6.47. The third-order valence-corrected chi connectivity index (χ3v) is 3.18. The number of anilines is 2. The Hall–Kier alpha value is -2.33. The molecule has 1 aliphatic heterocycles. The van der Waals surface area contributed by atoms with Gasteiger partial charge in [-0.1, -0.05) is 36.4 Å². The Bertz CT molecular complexity index is 606. The number of nitrogens with one attached hydrogen (secondary N) is 1. The molecule has 0 radical (unpaired) electrons. The monoisotopic (exact) mass is 238 g/mol. The van der Waals surface area contributed by atoms with Crippen LogP contribution in [0, 0.1) is 0 Å². The Morgan fingerprint density at radius 3 is 2.56 bits per heavy atom. The van der Waals surface area contributed by atoms with Crippen LogP contribution in [0.15, 0.2) is 53.5 Å². The highest BCUT2D eigenvalue weighted by atomic mass is 15.1. The third-order valence-electron chi connectivity index (χ3n) is 3.18. The molecule has 90 valence electrons. The van der Waals surface area contributed by atoms with Gasteiger partial charge in [0.1, 0.15) is 0 Å². The van der Waals surface area contributed by atoms with Crippen molar-refractivity contribution < 1.29 is 0 Å². The lowest BCUT2D eigenvalue weighted by Gasteiger charge is -2.32. The van der Waals surface area contributed by atoms with Gasteiger partial charge < -0.3 is 11.1 Å². The molecule has 5 N–H and O–H groups in total. The van der Waals surface area contributed by atoms with Gasteiger partial charge in [0.25, 0.3) is 0 Å². The fraction of sp³-hybridized carbons (Fsp3) is 0.0714. The molecule has 0 fully saturated rings. The minimum Gasteiger partial charge on any atom is -0.398 e. The van der Waals surface area contributed by atoms with Crippen LogP contribution >= 0.6 is 0 Å². The van der Waals surface area contributed by atoms with E-state index in [4.69, 9.17) is 11.5 Å². The SMILES string of the molecule is Nc1cccc2c1C(N)(c1ccccc1)N=CN2. The van der Waals surface area contributed by atoms with Crippen LogP contribution in [-0.4, -0.2) is 6.34 Å². The second-order valence-electron chi connectivity index (χ2n) is 4.30. The highest BCUT2D eigenvalue weighted by Crippen LogP contribution is 2.38. The molecule has 0 bridgehead atoms. The van der Waals surface area contributed by atoms with E-state index in [2.05, 4.69) is 10.3 Å². The van der Waals surface area contributed by atoms with E-state index < -0.39 is 5.66 Å². The lowest BCUT2D eigenvalue weighted by Crippen LogP contribution is -2.40. The summed E-state index contributed by atoms with van der Waals surface area (Å²) in [4.78, 5) is 4.40. The maximum Gasteiger partial charge on any atom is 0.165 e. The molecule has 2 aromatic carbocycles. The largest absolute Gasteiger partial charge is 0.398 e. The minimum absolute atomic E-state index is 0.642. The zero-order valence-electron chi connectivity index (χ0n) is 9.80. The van der Waals surface area contributed by atoms with Crippen LogP contribution in [0.25, 0.3) is 0 Å². The van der Waals surface area contributed by atoms with E-state index in [1.54, 1.807) is 6.34 Å². The molecule has 0 saturated heterocycles. The summed E-state index contributed by atoms with van der Waals surface area (Å²) < 4.78 is 0. The van der Waals surface area contributed by atoms with E-state index in [0.717, 1.165) is 16.8 Å². The van der Waals surface area contributed by atoms with Crippen LogP contribution in [0.5, 0.6) is 0 Å². The van der Waals surface area contributed by atoms with Crippen molar-refractivity contribution >= 4 is 17.7 Å². The van der Waals surface area contributed by atoms with Crippen LogP contribution < -0.4 is 16.8 Å². The number of rotatable bonds is 1. The highest BCUT2D eigenvalue weighted by molar-refractivity contribution is 5.85. The molecule has 2 aromatic rings. The van der Waals surface area contributed by atoms with Crippen molar-refractivity contribution in [3.05, 3.63) is 59.7 Å². The summed E-state index contributed by atoms with van der Waals surface area (Å²) in [6, 6.07) is 15.4. The Labute approximate surface area is 105 Å². The van der Waals surface area contributed by atoms with Crippen LogP contribution in [0.1, 0.15) is 11.1 Å². The van der Waals surface area contributed by atoms with E-state index >= 15 is 0 Å². The first kappa shape index (κ1) is 10.8. The molecule has 4 heteroatoms. The summed E-state index contributed by atoms with van der Waals surface area (Å²) >= 11 is 0. The average molecular weight is 238 g/mol. The smallest absolute Gasteiger partial charge is 0.165 e. The summed E-state index contributed by atoms with van der Waals surface area (Å²) in [6.07, 6.45) is 1.62. The molecule has 0 aromatic heterocycles. The number of fused-ring (bicyclic) bond motifs is 1. The Morgan fingerprint density at radius 1 is 1.00 bits per heavy atom.